The van der Waals surface area contributed by atoms with Gasteiger partial charge in [0.2, 0.25) is 0 Å². The number of amides is 1. The number of nitrogens with zero attached hydrogens (tertiary/aromatic N) is 2. The summed E-state index contributed by atoms with van der Waals surface area (Å²) >= 11 is 0. The fourth-order valence-corrected chi connectivity index (χ4v) is 1.42. The maximum Gasteiger partial charge on any atom is 0.257 e. The number of ketones is 1. The van der Waals surface area contributed by atoms with Crippen molar-refractivity contribution in [3.8, 4) is 0 Å². The summed E-state index contributed by atoms with van der Waals surface area (Å²) in [6.45, 7) is 1.50. The molecule has 0 bridgehead atoms. The zero-order valence-electron chi connectivity index (χ0n) is 9.75. The minimum Gasteiger partial charge on any atom is -0.322 e. The molecule has 90 valence electrons. The lowest BCUT2D eigenvalue weighted by Gasteiger charge is -2.05. The van der Waals surface area contributed by atoms with Crippen LogP contribution in [0.3, 0.4) is 0 Å². The fraction of sp³-hybridized carbons (Fsp3) is 0.0769. The van der Waals surface area contributed by atoms with Crippen LogP contribution < -0.4 is 5.32 Å². The summed E-state index contributed by atoms with van der Waals surface area (Å²) in [5.41, 5.74) is 1.67. The summed E-state index contributed by atoms with van der Waals surface area (Å²) in [6.07, 6.45) is 2.84. The summed E-state index contributed by atoms with van der Waals surface area (Å²) in [6, 6.07) is 8.28. The number of rotatable bonds is 3. The van der Waals surface area contributed by atoms with E-state index in [0.29, 0.717) is 16.8 Å². The number of aromatic nitrogens is 2. The normalized spacial score (nSPS) is 9.83. The SMILES string of the molecule is CC(=O)c1ccc(NC(=O)c2ccnnc2)cc1. The van der Waals surface area contributed by atoms with E-state index < -0.39 is 0 Å². The highest BCUT2D eigenvalue weighted by molar-refractivity contribution is 6.04. The lowest BCUT2D eigenvalue weighted by molar-refractivity contribution is 0.101. The third-order valence-electron chi connectivity index (χ3n) is 2.40. The first-order valence-electron chi connectivity index (χ1n) is 5.36. The molecule has 1 aromatic heterocycles. The summed E-state index contributed by atoms with van der Waals surface area (Å²) in [4.78, 5) is 22.9. The molecule has 18 heavy (non-hydrogen) atoms. The quantitative estimate of drug-likeness (QED) is 0.833. The second-order valence-electron chi connectivity index (χ2n) is 3.72. The molecule has 0 saturated heterocycles. The van der Waals surface area contributed by atoms with Gasteiger partial charge in [0, 0.05) is 11.3 Å². The van der Waals surface area contributed by atoms with Crippen LogP contribution in [0.25, 0.3) is 0 Å². The molecule has 2 aromatic rings. The number of benzene rings is 1. The maximum absolute atomic E-state index is 11.8. The van der Waals surface area contributed by atoms with Crippen molar-refractivity contribution < 1.29 is 9.59 Å². The Labute approximate surface area is 104 Å². The van der Waals surface area contributed by atoms with Crippen LogP contribution >= 0.6 is 0 Å². The molecule has 0 atom stereocenters. The number of hydrogen-bond donors (Lipinski definition) is 1. The minimum absolute atomic E-state index is 0.00814. The first kappa shape index (κ1) is 11.9. The molecule has 1 N–H and O–H groups in total. The second-order valence-corrected chi connectivity index (χ2v) is 3.72. The molecule has 0 aliphatic carbocycles. The summed E-state index contributed by atoms with van der Waals surface area (Å²) in [5.74, 6) is -0.272. The van der Waals surface area contributed by atoms with Gasteiger partial charge in [-0.05, 0) is 37.3 Å². The molecule has 2 rings (SSSR count). The van der Waals surface area contributed by atoms with E-state index in [1.807, 2.05) is 0 Å². The highest BCUT2D eigenvalue weighted by Crippen LogP contribution is 2.11. The summed E-state index contributed by atoms with van der Waals surface area (Å²) in [5, 5.41) is 9.93. The molecule has 0 aliphatic rings. The van der Waals surface area contributed by atoms with Crippen molar-refractivity contribution in [1.82, 2.24) is 10.2 Å². The van der Waals surface area contributed by atoms with E-state index in [1.165, 1.54) is 19.3 Å². The largest absolute Gasteiger partial charge is 0.322 e. The van der Waals surface area contributed by atoms with Crippen LogP contribution in [0.2, 0.25) is 0 Å². The topological polar surface area (TPSA) is 72.0 Å². The molecule has 0 fully saturated rings. The van der Waals surface area contributed by atoms with E-state index in [4.69, 9.17) is 0 Å². The Bertz CT molecular complexity index is 565. The van der Waals surface area contributed by atoms with Crippen molar-refractivity contribution >= 4 is 17.4 Å². The van der Waals surface area contributed by atoms with Crippen LogP contribution in [0.5, 0.6) is 0 Å². The van der Waals surface area contributed by atoms with E-state index in [9.17, 15) is 9.59 Å². The molecule has 1 aromatic carbocycles. The first-order chi connectivity index (χ1) is 8.66. The van der Waals surface area contributed by atoms with Crippen LogP contribution in [0.1, 0.15) is 27.6 Å². The van der Waals surface area contributed by atoms with Crippen LogP contribution in [0.15, 0.2) is 42.7 Å². The standard InChI is InChI=1S/C13H11N3O2/c1-9(17)10-2-4-12(5-3-10)16-13(18)11-6-7-14-15-8-11/h2-8H,1H3,(H,16,18). The van der Waals surface area contributed by atoms with Gasteiger partial charge in [-0.15, -0.1) is 0 Å². The van der Waals surface area contributed by atoms with Gasteiger partial charge in [-0.2, -0.15) is 10.2 Å². The number of carbonyl (C=O) groups is 2. The van der Waals surface area contributed by atoms with E-state index >= 15 is 0 Å². The number of anilines is 1. The predicted octanol–water partition coefficient (Wildman–Crippen LogP) is 1.93. The van der Waals surface area contributed by atoms with Crippen molar-refractivity contribution in [1.29, 1.82) is 0 Å². The van der Waals surface area contributed by atoms with E-state index in [2.05, 4.69) is 15.5 Å². The van der Waals surface area contributed by atoms with Gasteiger partial charge < -0.3 is 5.32 Å². The predicted molar refractivity (Wildman–Crippen MR) is 66.4 cm³/mol. The lowest BCUT2D eigenvalue weighted by Crippen LogP contribution is -2.12. The molecule has 1 heterocycles. The molecule has 0 aliphatic heterocycles. The number of carbonyl (C=O) groups excluding carboxylic acids is 2. The molecule has 0 unspecified atom stereocenters. The van der Waals surface area contributed by atoms with Gasteiger partial charge in [0.25, 0.3) is 5.91 Å². The zero-order valence-corrected chi connectivity index (χ0v) is 9.75. The number of Topliss-reactive ketones (excluding diaryl/α,β-unsaturated/α-hetero) is 1. The molecule has 5 heteroatoms. The van der Waals surface area contributed by atoms with Gasteiger partial charge in [-0.1, -0.05) is 0 Å². The Morgan fingerprint density at radius 3 is 2.28 bits per heavy atom. The first-order valence-corrected chi connectivity index (χ1v) is 5.36. The Kier molecular flexibility index (Phi) is 3.43. The highest BCUT2D eigenvalue weighted by atomic mass is 16.1. The van der Waals surface area contributed by atoms with Crippen molar-refractivity contribution in [3.05, 3.63) is 53.9 Å². The Morgan fingerprint density at radius 2 is 1.72 bits per heavy atom. The average Bonchev–Trinajstić information content (AvgIpc) is 2.40. The highest BCUT2D eigenvalue weighted by Gasteiger charge is 2.06. The fourth-order valence-electron chi connectivity index (χ4n) is 1.42. The van der Waals surface area contributed by atoms with Crippen molar-refractivity contribution in [2.75, 3.05) is 5.32 Å². The zero-order chi connectivity index (χ0) is 13.0. The molecule has 0 spiro atoms. The van der Waals surface area contributed by atoms with E-state index in [-0.39, 0.29) is 11.7 Å². The van der Waals surface area contributed by atoms with Crippen molar-refractivity contribution in [2.24, 2.45) is 0 Å². The molecule has 1 amide bonds. The molecule has 5 nitrogen and oxygen atoms in total. The molecular formula is C13H11N3O2. The maximum atomic E-state index is 11.8. The van der Waals surface area contributed by atoms with Gasteiger partial charge >= 0.3 is 0 Å². The number of nitrogens with one attached hydrogen (secondary N) is 1. The average molecular weight is 241 g/mol. The third-order valence-corrected chi connectivity index (χ3v) is 2.40. The minimum atomic E-state index is -0.263. The lowest BCUT2D eigenvalue weighted by atomic mass is 10.1. The van der Waals surface area contributed by atoms with E-state index in [0.717, 1.165) is 0 Å². The van der Waals surface area contributed by atoms with Gasteiger partial charge in [0.15, 0.2) is 5.78 Å². The smallest absolute Gasteiger partial charge is 0.257 e. The van der Waals surface area contributed by atoms with Gasteiger partial charge in [-0.25, -0.2) is 0 Å². The van der Waals surface area contributed by atoms with E-state index in [1.54, 1.807) is 30.3 Å². The Balaban J connectivity index is 2.10. The second kappa shape index (κ2) is 5.18. The van der Waals surface area contributed by atoms with Crippen LogP contribution in [0.4, 0.5) is 5.69 Å². The van der Waals surface area contributed by atoms with Crippen molar-refractivity contribution in [3.63, 3.8) is 0 Å². The summed E-state index contributed by atoms with van der Waals surface area (Å²) in [7, 11) is 0. The summed E-state index contributed by atoms with van der Waals surface area (Å²) < 4.78 is 0. The van der Waals surface area contributed by atoms with Crippen LogP contribution in [0, 0.1) is 0 Å². The van der Waals surface area contributed by atoms with Crippen LogP contribution in [-0.4, -0.2) is 21.9 Å². The molecule has 0 radical (unpaired) electrons. The van der Waals surface area contributed by atoms with Crippen molar-refractivity contribution in [2.45, 2.75) is 6.92 Å². The van der Waals surface area contributed by atoms with Gasteiger partial charge in [0.1, 0.15) is 0 Å². The van der Waals surface area contributed by atoms with Gasteiger partial charge in [-0.3, -0.25) is 9.59 Å². The number of hydrogen-bond acceptors (Lipinski definition) is 4. The van der Waals surface area contributed by atoms with Crippen LogP contribution in [-0.2, 0) is 0 Å². The molecular weight excluding hydrogens is 230 g/mol. The monoisotopic (exact) mass is 241 g/mol. The Morgan fingerprint density at radius 1 is 1.00 bits per heavy atom. The molecule has 0 saturated carbocycles. The van der Waals surface area contributed by atoms with Gasteiger partial charge in [0.05, 0.1) is 18.0 Å². The Hall–Kier alpha value is -2.56. The third kappa shape index (κ3) is 2.76.